The number of likely N-dealkylation sites (tertiary alicyclic amines) is 1. The molecule has 2 aliphatic heterocycles. The maximum absolute atomic E-state index is 12.8. The number of hydrogen-bond donors (Lipinski definition) is 2. The molecule has 6 heteroatoms. The third-order valence-corrected chi connectivity index (χ3v) is 6.17. The van der Waals surface area contributed by atoms with E-state index in [1.54, 1.807) is 23.1 Å². The molecule has 1 aromatic carbocycles. The summed E-state index contributed by atoms with van der Waals surface area (Å²) in [5, 5.41) is 3.69. The van der Waals surface area contributed by atoms with Gasteiger partial charge >= 0.3 is 0 Å². The molecule has 144 valence electrons. The Morgan fingerprint density at radius 1 is 1.30 bits per heavy atom. The Hall–Kier alpha value is -2.21. The van der Waals surface area contributed by atoms with Crippen LogP contribution < -0.4 is 15.8 Å². The minimum atomic E-state index is -0.0731. The number of nitrogens with one attached hydrogen (secondary N) is 2. The van der Waals surface area contributed by atoms with Crippen LogP contribution in [0.4, 0.5) is 0 Å². The fourth-order valence-electron chi connectivity index (χ4n) is 4.57. The molecule has 2 N–H and O–H groups in total. The molecule has 6 nitrogen and oxygen atoms in total. The van der Waals surface area contributed by atoms with E-state index < -0.39 is 0 Å². The Kier molecular flexibility index (Phi) is 5.25. The lowest BCUT2D eigenvalue weighted by atomic mass is 10.1. The number of nitrogens with zero attached hydrogens (tertiary/aromatic N) is 2. The van der Waals surface area contributed by atoms with Crippen molar-refractivity contribution >= 4 is 16.8 Å². The van der Waals surface area contributed by atoms with Crippen molar-refractivity contribution in [2.45, 2.75) is 58.0 Å². The van der Waals surface area contributed by atoms with Gasteiger partial charge in [-0.25, -0.2) is 4.98 Å². The Bertz CT molecular complexity index is 905. The van der Waals surface area contributed by atoms with Crippen LogP contribution >= 0.6 is 0 Å². The lowest BCUT2D eigenvalue weighted by Crippen LogP contribution is -3.14. The zero-order valence-corrected chi connectivity index (χ0v) is 16.1. The average molecular weight is 369 g/mol. The summed E-state index contributed by atoms with van der Waals surface area (Å²) >= 11 is 0. The van der Waals surface area contributed by atoms with Gasteiger partial charge in [0, 0.05) is 31.4 Å². The molecule has 3 heterocycles. The van der Waals surface area contributed by atoms with Crippen LogP contribution in [-0.2, 0) is 13.0 Å². The largest absolute Gasteiger partial charge is 0.346 e. The molecule has 0 saturated carbocycles. The van der Waals surface area contributed by atoms with Crippen LogP contribution in [0.5, 0.6) is 0 Å². The van der Waals surface area contributed by atoms with Crippen LogP contribution in [0, 0.1) is 0 Å². The summed E-state index contributed by atoms with van der Waals surface area (Å²) < 4.78 is 1.82. The third-order valence-electron chi connectivity index (χ3n) is 6.17. The number of aromatic nitrogens is 2. The molecule has 27 heavy (non-hydrogen) atoms. The summed E-state index contributed by atoms with van der Waals surface area (Å²) in [6.07, 6.45) is 6.46. The fraction of sp³-hybridized carbons (Fsp3) is 0.571. The Morgan fingerprint density at radius 3 is 3.04 bits per heavy atom. The summed E-state index contributed by atoms with van der Waals surface area (Å²) in [4.78, 5) is 31.7. The van der Waals surface area contributed by atoms with Crippen LogP contribution in [0.3, 0.4) is 0 Å². The summed E-state index contributed by atoms with van der Waals surface area (Å²) in [6.45, 7) is 5.96. The molecular weight excluding hydrogens is 340 g/mol. The first kappa shape index (κ1) is 18.2. The number of carbonyl (C=O) groups excluding carboxylic acids is 1. The molecule has 0 bridgehead atoms. The van der Waals surface area contributed by atoms with Crippen molar-refractivity contribution < 1.29 is 9.69 Å². The predicted molar refractivity (Wildman–Crippen MR) is 105 cm³/mol. The van der Waals surface area contributed by atoms with E-state index in [0.717, 1.165) is 44.6 Å². The van der Waals surface area contributed by atoms with E-state index in [9.17, 15) is 9.59 Å². The summed E-state index contributed by atoms with van der Waals surface area (Å²) in [5.41, 5.74) is 1.25. The zero-order valence-electron chi connectivity index (χ0n) is 16.1. The molecule has 2 atom stereocenters. The van der Waals surface area contributed by atoms with Gasteiger partial charge in [-0.05, 0) is 38.0 Å². The molecule has 4 rings (SSSR count). The molecule has 2 aromatic rings. The highest BCUT2D eigenvalue weighted by molar-refractivity contribution is 5.97. The third kappa shape index (κ3) is 3.63. The van der Waals surface area contributed by atoms with Crippen molar-refractivity contribution in [2.24, 2.45) is 0 Å². The molecule has 0 spiro atoms. The summed E-state index contributed by atoms with van der Waals surface area (Å²) in [7, 11) is 0. The molecule has 2 aliphatic rings. The topological polar surface area (TPSA) is 68.4 Å². The molecule has 1 fully saturated rings. The Labute approximate surface area is 159 Å². The van der Waals surface area contributed by atoms with Crippen molar-refractivity contribution in [1.82, 2.24) is 14.9 Å². The van der Waals surface area contributed by atoms with Crippen molar-refractivity contribution in [3.63, 3.8) is 0 Å². The highest BCUT2D eigenvalue weighted by Gasteiger charge is 2.27. The van der Waals surface area contributed by atoms with Gasteiger partial charge in [0.2, 0.25) is 0 Å². The molecule has 1 unspecified atom stereocenters. The standard InChI is InChI=1S/C21H28N4O2/c1-2-24-11-6-7-16(24)14-22-20(26)15-9-10-17-18(13-15)23-19-8-4-3-5-12-25(19)21(17)27/h9-10,13,16H,2-8,11-12,14H2,1H3,(H,22,26)/p+1/t16-/m1/s1. The highest BCUT2D eigenvalue weighted by Crippen LogP contribution is 2.16. The number of amides is 1. The van der Waals surface area contributed by atoms with Crippen LogP contribution in [-0.4, -0.2) is 41.1 Å². The molecule has 0 radical (unpaired) electrons. The van der Waals surface area contributed by atoms with E-state index in [4.69, 9.17) is 4.98 Å². The monoisotopic (exact) mass is 369 g/mol. The maximum Gasteiger partial charge on any atom is 0.261 e. The summed E-state index contributed by atoms with van der Waals surface area (Å²) in [5.74, 6) is 0.784. The average Bonchev–Trinajstić information content (AvgIpc) is 3.01. The van der Waals surface area contributed by atoms with Crippen LogP contribution in [0.25, 0.3) is 10.9 Å². The van der Waals surface area contributed by atoms with Gasteiger partial charge in [0.1, 0.15) is 11.9 Å². The number of benzene rings is 1. The predicted octanol–water partition coefficient (Wildman–Crippen LogP) is 0.920. The van der Waals surface area contributed by atoms with Gasteiger partial charge in [-0.15, -0.1) is 0 Å². The van der Waals surface area contributed by atoms with Gasteiger partial charge in [-0.2, -0.15) is 0 Å². The minimum Gasteiger partial charge on any atom is -0.346 e. The Morgan fingerprint density at radius 2 is 2.19 bits per heavy atom. The van der Waals surface area contributed by atoms with Gasteiger partial charge in [-0.1, -0.05) is 6.42 Å². The lowest BCUT2D eigenvalue weighted by Gasteiger charge is -2.20. The van der Waals surface area contributed by atoms with Crippen molar-refractivity contribution in [2.75, 3.05) is 19.6 Å². The summed E-state index contributed by atoms with van der Waals surface area (Å²) in [6, 6.07) is 5.80. The number of rotatable bonds is 4. The number of likely N-dealkylation sites (N-methyl/N-ethyl adjacent to an activating group) is 1. The number of quaternary nitrogens is 1. The highest BCUT2D eigenvalue weighted by atomic mass is 16.1. The number of aryl methyl sites for hydroxylation is 1. The minimum absolute atomic E-state index is 0.0250. The van der Waals surface area contributed by atoms with E-state index in [0.29, 0.717) is 29.1 Å². The van der Waals surface area contributed by atoms with Crippen LogP contribution in [0.15, 0.2) is 23.0 Å². The number of carbonyl (C=O) groups is 1. The molecule has 1 amide bonds. The molecule has 1 saturated heterocycles. The van der Waals surface area contributed by atoms with Crippen LogP contribution in [0.2, 0.25) is 0 Å². The van der Waals surface area contributed by atoms with Gasteiger partial charge < -0.3 is 10.2 Å². The maximum atomic E-state index is 12.8. The van der Waals surface area contributed by atoms with Crippen LogP contribution in [0.1, 0.15) is 55.2 Å². The smallest absolute Gasteiger partial charge is 0.261 e. The van der Waals surface area contributed by atoms with Crippen molar-refractivity contribution in [3.05, 3.63) is 39.9 Å². The van der Waals surface area contributed by atoms with Gasteiger partial charge in [0.05, 0.1) is 30.5 Å². The second-order valence-electron chi connectivity index (χ2n) is 7.84. The van der Waals surface area contributed by atoms with Crippen molar-refractivity contribution in [3.8, 4) is 0 Å². The van der Waals surface area contributed by atoms with E-state index in [1.807, 2.05) is 4.57 Å². The number of fused-ring (bicyclic) bond motifs is 2. The number of hydrogen-bond acceptors (Lipinski definition) is 3. The lowest BCUT2D eigenvalue weighted by molar-refractivity contribution is -0.909. The van der Waals surface area contributed by atoms with E-state index in [-0.39, 0.29) is 11.5 Å². The van der Waals surface area contributed by atoms with Crippen molar-refractivity contribution in [1.29, 1.82) is 0 Å². The first-order valence-corrected chi connectivity index (χ1v) is 10.3. The van der Waals surface area contributed by atoms with Gasteiger partial charge in [0.25, 0.3) is 11.5 Å². The van der Waals surface area contributed by atoms with E-state index in [1.165, 1.54) is 19.4 Å². The Balaban J connectivity index is 1.56. The molecular formula is C21H29N4O2+. The van der Waals surface area contributed by atoms with E-state index in [2.05, 4.69) is 12.2 Å². The first-order chi connectivity index (χ1) is 13.2. The SMILES string of the molecule is CC[NH+]1CCC[C@@H]1CNC(=O)c1ccc2c(=O)n3c(nc2c1)CCCCC3. The quantitative estimate of drug-likeness (QED) is 0.842. The zero-order chi connectivity index (χ0) is 18.8. The normalized spacial score (nSPS) is 22.4. The first-order valence-electron chi connectivity index (χ1n) is 10.3. The van der Waals surface area contributed by atoms with E-state index >= 15 is 0 Å². The molecule has 0 aliphatic carbocycles. The van der Waals surface area contributed by atoms with Gasteiger partial charge in [0.15, 0.2) is 0 Å². The second kappa shape index (κ2) is 7.80. The second-order valence-corrected chi connectivity index (χ2v) is 7.84. The van der Waals surface area contributed by atoms with Gasteiger partial charge in [-0.3, -0.25) is 14.2 Å². The fourth-order valence-corrected chi connectivity index (χ4v) is 4.57. The molecule has 1 aromatic heterocycles.